The Kier molecular flexibility index (Phi) is 7.31. The van der Waals surface area contributed by atoms with E-state index >= 15 is 0 Å². The SMILES string of the molecule is O.O=[N+]([O-])c1cc([N+](=O)[O-])c([O-])c([N+](=O)[O-])c1.[Ca+2]. The number of benzene rings is 1. The van der Waals surface area contributed by atoms with Crippen molar-refractivity contribution in [2.75, 3.05) is 0 Å². The molecule has 0 fully saturated rings. The molecule has 0 radical (unpaired) electrons. The van der Waals surface area contributed by atoms with Crippen LogP contribution in [0.3, 0.4) is 0 Å². The summed E-state index contributed by atoms with van der Waals surface area (Å²) < 4.78 is 0. The Hall–Kier alpha value is -1.56. The molecule has 18 heavy (non-hydrogen) atoms. The molecule has 1 rings (SSSR count). The van der Waals surface area contributed by atoms with E-state index in [-0.39, 0.29) is 43.2 Å². The van der Waals surface area contributed by atoms with Crippen molar-refractivity contribution in [2.24, 2.45) is 0 Å². The molecule has 0 atom stereocenters. The van der Waals surface area contributed by atoms with E-state index in [1.165, 1.54) is 0 Å². The number of rotatable bonds is 3. The molecule has 11 nitrogen and oxygen atoms in total. The van der Waals surface area contributed by atoms with E-state index in [9.17, 15) is 35.4 Å². The predicted octanol–water partition coefficient (Wildman–Crippen LogP) is -0.721. The fraction of sp³-hybridized carbons (Fsp3) is 0. The molecule has 0 unspecified atom stereocenters. The van der Waals surface area contributed by atoms with Crippen LogP contribution >= 0.6 is 0 Å². The third-order valence-electron chi connectivity index (χ3n) is 1.64. The van der Waals surface area contributed by atoms with Crippen LogP contribution in [0.1, 0.15) is 0 Å². The fourth-order valence-electron chi connectivity index (χ4n) is 0.961. The van der Waals surface area contributed by atoms with Crippen molar-refractivity contribution < 1.29 is 25.4 Å². The first-order chi connectivity index (χ1) is 7.34. The van der Waals surface area contributed by atoms with Crippen LogP contribution in [-0.2, 0) is 0 Å². The number of nitro groups is 3. The number of hydrogen-bond acceptors (Lipinski definition) is 7. The van der Waals surface area contributed by atoms with Gasteiger partial charge in [0.15, 0.2) is 0 Å². The summed E-state index contributed by atoms with van der Waals surface area (Å²) in [5, 5.41) is 42.1. The van der Waals surface area contributed by atoms with Crippen molar-refractivity contribution in [3.05, 3.63) is 42.5 Å². The summed E-state index contributed by atoms with van der Waals surface area (Å²) in [6.07, 6.45) is 0. The Morgan fingerprint density at radius 3 is 1.39 bits per heavy atom. The minimum atomic E-state index is -1.46. The molecule has 92 valence electrons. The van der Waals surface area contributed by atoms with E-state index in [0.717, 1.165) is 0 Å². The zero-order valence-electron chi connectivity index (χ0n) is 8.56. The van der Waals surface area contributed by atoms with Gasteiger partial charge in [0.1, 0.15) is 0 Å². The van der Waals surface area contributed by atoms with Crippen LogP contribution < -0.4 is 5.11 Å². The number of non-ortho nitro benzene ring substituents is 1. The van der Waals surface area contributed by atoms with Crippen LogP contribution in [0, 0.1) is 30.3 Å². The molecule has 0 spiro atoms. The van der Waals surface area contributed by atoms with Gasteiger partial charge in [-0.2, -0.15) is 0 Å². The fourth-order valence-corrected chi connectivity index (χ4v) is 0.961. The average Bonchev–Trinajstić information content (AvgIpc) is 2.16. The maximum absolute atomic E-state index is 11.1. The van der Waals surface area contributed by atoms with E-state index in [0.29, 0.717) is 12.1 Å². The molecule has 1 aromatic carbocycles. The molecule has 0 heterocycles. The van der Waals surface area contributed by atoms with E-state index < -0.39 is 37.6 Å². The van der Waals surface area contributed by atoms with Gasteiger partial charge >= 0.3 is 37.7 Å². The molecule has 0 aliphatic rings. The van der Waals surface area contributed by atoms with Crippen molar-refractivity contribution in [2.45, 2.75) is 0 Å². The molecule has 2 N–H and O–H groups in total. The maximum Gasteiger partial charge on any atom is 2.00 e. The van der Waals surface area contributed by atoms with Crippen LogP contribution in [0.15, 0.2) is 12.1 Å². The van der Waals surface area contributed by atoms with E-state index in [1.54, 1.807) is 0 Å². The topological polar surface area (TPSA) is 184 Å². The van der Waals surface area contributed by atoms with Gasteiger partial charge in [-0.3, -0.25) is 30.3 Å². The van der Waals surface area contributed by atoms with Crippen molar-refractivity contribution >= 4 is 54.8 Å². The Morgan fingerprint density at radius 1 is 0.833 bits per heavy atom. The van der Waals surface area contributed by atoms with Crippen LogP contribution in [0.4, 0.5) is 17.1 Å². The van der Waals surface area contributed by atoms with Gasteiger partial charge < -0.3 is 10.6 Å². The first kappa shape index (κ1) is 18.8. The summed E-state index contributed by atoms with van der Waals surface area (Å²) in [7, 11) is 0. The van der Waals surface area contributed by atoms with Gasteiger partial charge in [-0.05, 0) is 0 Å². The minimum Gasteiger partial charge on any atom is -0.863 e. The number of nitro benzene ring substituents is 3. The zero-order chi connectivity index (χ0) is 12.5. The normalized spacial score (nSPS) is 8.67. The van der Waals surface area contributed by atoms with Gasteiger partial charge in [-0.15, -0.1) is 0 Å². The molecule has 12 heteroatoms. The van der Waals surface area contributed by atoms with E-state index in [2.05, 4.69) is 0 Å². The zero-order valence-corrected chi connectivity index (χ0v) is 10.8. The standard InChI is InChI=1S/C6H3N3O7.Ca.H2O/c10-6-4(8(13)14)1-3(7(11)12)2-5(6)9(15)16;;/h1-2,10H;;1H2/q;+2;/p-1. The molecular formula is C6H4CaN3O8+. The second kappa shape index (κ2) is 7.00. The number of nitrogens with zero attached hydrogens (tertiary/aromatic N) is 3. The third-order valence-corrected chi connectivity index (χ3v) is 1.64. The maximum atomic E-state index is 11.1. The van der Waals surface area contributed by atoms with Crippen molar-refractivity contribution in [3.8, 4) is 5.75 Å². The van der Waals surface area contributed by atoms with Gasteiger partial charge in [-0.25, -0.2) is 0 Å². The Bertz CT molecular complexity index is 469. The smallest absolute Gasteiger partial charge is 0.863 e. The Balaban J connectivity index is 0. The molecule has 0 bridgehead atoms. The van der Waals surface area contributed by atoms with Gasteiger partial charge in [0.05, 0.1) is 32.7 Å². The van der Waals surface area contributed by atoms with Crippen LogP contribution in [-0.4, -0.2) is 58.0 Å². The largest absolute Gasteiger partial charge is 2.00 e. The van der Waals surface area contributed by atoms with Gasteiger partial charge in [0.2, 0.25) is 0 Å². The van der Waals surface area contributed by atoms with Crippen molar-refractivity contribution in [1.29, 1.82) is 0 Å². The number of hydrogen-bond donors (Lipinski definition) is 0. The summed E-state index contributed by atoms with van der Waals surface area (Å²) in [4.78, 5) is 27.5. The summed E-state index contributed by atoms with van der Waals surface area (Å²) in [5.41, 5.74) is -3.26. The van der Waals surface area contributed by atoms with E-state index in [1.807, 2.05) is 0 Å². The summed E-state index contributed by atoms with van der Waals surface area (Å²) in [6, 6.07) is 0.769. The molecule has 0 aliphatic heterocycles. The molecule has 0 aromatic heterocycles. The van der Waals surface area contributed by atoms with Crippen LogP contribution in [0.25, 0.3) is 0 Å². The molecule has 1 aromatic rings. The van der Waals surface area contributed by atoms with Crippen LogP contribution in [0.2, 0.25) is 0 Å². The monoisotopic (exact) mass is 286 g/mol. The molecule has 0 aliphatic carbocycles. The second-order valence-electron chi connectivity index (χ2n) is 2.58. The quantitative estimate of drug-likeness (QED) is 0.398. The van der Waals surface area contributed by atoms with Crippen molar-refractivity contribution in [1.82, 2.24) is 0 Å². The van der Waals surface area contributed by atoms with Gasteiger partial charge in [0, 0.05) is 0 Å². The third kappa shape index (κ3) is 3.73. The molecule has 0 saturated heterocycles. The molecule has 0 saturated carbocycles. The second-order valence-corrected chi connectivity index (χ2v) is 2.58. The minimum absolute atomic E-state index is 0. The molecular weight excluding hydrogens is 282 g/mol. The average molecular weight is 286 g/mol. The van der Waals surface area contributed by atoms with Crippen molar-refractivity contribution in [3.63, 3.8) is 0 Å². The van der Waals surface area contributed by atoms with Crippen LogP contribution in [0.5, 0.6) is 5.75 Å². The summed E-state index contributed by atoms with van der Waals surface area (Å²) in [5.74, 6) is -1.46. The van der Waals surface area contributed by atoms with Gasteiger partial charge in [-0.1, -0.05) is 0 Å². The van der Waals surface area contributed by atoms with E-state index in [4.69, 9.17) is 0 Å². The Morgan fingerprint density at radius 2 is 1.17 bits per heavy atom. The molecule has 0 amide bonds. The first-order valence-corrected chi connectivity index (χ1v) is 3.63. The summed E-state index contributed by atoms with van der Waals surface area (Å²) in [6.45, 7) is 0. The predicted molar refractivity (Wildman–Crippen MR) is 55.2 cm³/mol. The Labute approximate surface area is 128 Å². The summed E-state index contributed by atoms with van der Waals surface area (Å²) >= 11 is 0. The van der Waals surface area contributed by atoms with Gasteiger partial charge in [0.25, 0.3) is 17.1 Å². The first-order valence-electron chi connectivity index (χ1n) is 3.63.